The predicted octanol–water partition coefficient (Wildman–Crippen LogP) is 3.32. The third-order valence-electron chi connectivity index (χ3n) is 5.03. The first-order chi connectivity index (χ1) is 5.75. The summed E-state index contributed by atoms with van der Waals surface area (Å²) in [5, 5.41) is 0. The maximum absolute atomic E-state index is 2.49. The Morgan fingerprint density at radius 2 is 1.50 bits per heavy atom. The van der Waals surface area contributed by atoms with Crippen LogP contribution < -0.4 is 0 Å². The fraction of sp³-hybridized carbons (Fsp3) is 1.00. The minimum absolute atomic E-state index is 1.05. The summed E-state index contributed by atoms with van der Waals surface area (Å²) < 4.78 is 0. The van der Waals surface area contributed by atoms with Crippen molar-refractivity contribution in [2.45, 2.75) is 39.5 Å². The zero-order valence-electron chi connectivity index (χ0n) is 8.29. The van der Waals surface area contributed by atoms with Crippen LogP contribution in [0.1, 0.15) is 39.5 Å². The largest absolute Gasteiger partial charge is 0.0625 e. The van der Waals surface area contributed by atoms with Gasteiger partial charge in [0.2, 0.25) is 0 Å². The highest BCUT2D eigenvalue weighted by Crippen LogP contribution is 2.61. The number of fused-ring (bicyclic) bond motifs is 5. The van der Waals surface area contributed by atoms with Gasteiger partial charge in [-0.3, -0.25) is 0 Å². The topological polar surface area (TPSA) is 0 Å². The molecule has 0 heteroatoms. The highest BCUT2D eigenvalue weighted by molar-refractivity contribution is 5.02. The number of rotatable bonds is 0. The van der Waals surface area contributed by atoms with Crippen LogP contribution in [0.2, 0.25) is 0 Å². The van der Waals surface area contributed by atoms with Gasteiger partial charge in [0, 0.05) is 0 Å². The molecular weight excluding hydrogens is 144 g/mol. The van der Waals surface area contributed by atoms with Crippen LogP contribution in [-0.4, -0.2) is 0 Å². The second kappa shape index (κ2) is 2.27. The lowest BCUT2D eigenvalue weighted by Crippen LogP contribution is -2.22. The normalized spacial score (nSPS) is 62.5. The molecule has 0 heterocycles. The minimum atomic E-state index is 1.05. The molecule has 0 aliphatic heterocycles. The molecule has 0 N–H and O–H groups in total. The van der Waals surface area contributed by atoms with Crippen molar-refractivity contribution in [1.29, 1.82) is 0 Å². The van der Waals surface area contributed by atoms with Gasteiger partial charge >= 0.3 is 0 Å². The average Bonchev–Trinajstić information content (AvgIpc) is 2.57. The van der Waals surface area contributed by atoms with Crippen LogP contribution in [0, 0.1) is 35.5 Å². The summed E-state index contributed by atoms with van der Waals surface area (Å²) in [5.41, 5.74) is 0. The van der Waals surface area contributed by atoms with Gasteiger partial charge < -0.3 is 0 Å². The van der Waals surface area contributed by atoms with Crippen LogP contribution in [0.3, 0.4) is 0 Å². The van der Waals surface area contributed by atoms with Crippen molar-refractivity contribution in [3.05, 3.63) is 0 Å². The molecular formula is C12H20. The molecule has 68 valence electrons. The lowest BCUT2D eigenvalue weighted by molar-refractivity contribution is 0.201. The van der Waals surface area contributed by atoms with Gasteiger partial charge in [0.25, 0.3) is 0 Å². The molecule has 3 aliphatic carbocycles. The second-order valence-corrected chi connectivity index (χ2v) is 5.78. The third-order valence-corrected chi connectivity index (χ3v) is 5.03. The molecule has 3 rings (SSSR count). The molecule has 0 radical (unpaired) electrons. The summed E-state index contributed by atoms with van der Waals surface area (Å²) in [6.07, 6.45) is 6.30. The summed E-state index contributed by atoms with van der Waals surface area (Å²) in [6, 6.07) is 0. The maximum atomic E-state index is 2.49. The van der Waals surface area contributed by atoms with E-state index >= 15 is 0 Å². The van der Waals surface area contributed by atoms with Gasteiger partial charge in [-0.15, -0.1) is 0 Å². The first-order valence-electron chi connectivity index (χ1n) is 5.75. The molecule has 0 amide bonds. The fourth-order valence-electron chi connectivity index (χ4n) is 4.69. The molecule has 3 fully saturated rings. The van der Waals surface area contributed by atoms with E-state index in [1.54, 1.807) is 25.7 Å². The molecule has 3 saturated carbocycles. The second-order valence-electron chi connectivity index (χ2n) is 5.78. The van der Waals surface area contributed by atoms with E-state index in [4.69, 9.17) is 0 Å². The van der Waals surface area contributed by atoms with E-state index < -0.39 is 0 Å². The lowest BCUT2D eigenvalue weighted by atomic mass is 9.77. The van der Waals surface area contributed by atoms with E-state index in [0.717, 1.165) is 29.6 Å². The quantitative estimate of drug-likeness (QED) is 0.515. The Morgan fingerprint density at radius 3 is 2.33 bits per heavy atom. The average molecular weight is 164 g/mol. The van der Waals surface area contributed by atoms with Crippen LogP contribution in [0.15, 0.2) is 0 Å². The van der Waals surface area contributed by atoms with Gasteiger partial charge in [0.05, 0.1) is 0 Å². The van der Waals surface area contributed by atoms with E-state index in [9.17, 15) is 0 Å². The summed E-state index contributed by atoms with van der Waals surface area (Å²) in [6.45, 7) is 4.95. The Hall–Kier alpha value is 0. The van der Waals surface area contributed by atoms with Crippen molar-refractivity contribution in [1.82, 2.24) is 0 Å². The highest BCUT2D eigenvalue weighted by Gasteiger charge is 2.53. The van der Waals surface area contributed by atoms with Crippen LogP contribution >= 0.6 is 0 Å². The standard InChI is InChI=1S/C12H20/c1-7-3-11-9-5-8(2)10(6-9)12(11)4-7/h7-12H,3-6H2,1-2H3/t7-,8+,9-,10-,11-,12+/m1/s1. The first-order valence-corrected chi connectivity index (χ1v) is 5.75. The molecule has 12 heavy (non-hydrogen) atoms. The van der Waals surface area contributed by atoms with Crippen LogP contribution in [0.4, 0.5) is 0 Å². The zero-order chi connectivity index (χ0) is 8.29. The highest BCUT2D eigenvalue weighted by atomic mass is 14.6. The van der Waals surface area contributed by atoms with Crippen LogP contribution in [0.5, 0.6) is 0 Å². The summed E-state index contributed by atoms with van der Waals surface area (Å²) in [5.74, 6) is 6.75. The maximum Gasteiger partial charge on any atom is -0.0349 e. The van der Waals surface area contributed by atoms with Crippen molar-refractivity contribution in [3.8, 4) is 0 Å². The Balaban J connectivity index is 1.86. The van der Waals surface area contributed by atoms with E-state index in [-0.39, 0.29) is 0 Å². The van der Waals surface area contributed by atoms with Crippen molar-refractivity contribution in [3.63, 3.8) is 0 Å². The van der Waals surface area contributed by atoms with Crippen molar-refractivity contribution >= 4 is 0 Å². The number of hydrogen-bond acceptors (Lipinski definition) is 0. The van der Waals surface area contributed by atoms with Crippen LogP contribution in [0.25, 0.3) is 0 Å². The smallest absolute Gasteiger partial charge is 0.0349 e. The summed E-state index contributed by atoms with van der Waals surface area (Å²) >= 11 is 0. The molecule has 0 aromatic rings. The van der Waals surface area contributed by atoms with E-state index in [1.807, 2.05) is 0 Å². The molecule has 2 bridgehead atoms. The molecule has 0 aromatic carbocycles. The van der Waals surface area contributed by atoms with Gasteiger partial charge in [-0.05, 0) is 61.2 Å². The first kappa shape index (κ1) is 7.41. The molecule has 0 aromatic heterocycles. The van der Waals surface area contributed by atoms with Gasteiger partial charge in [-0.2, -0.15) is 0 Å². The van der Waals surface area contributed by atoms with Crippen molar-refractivity contribution in [2.24, 2.45) is 35.5 Å². The Morgan fingerprint density at radius 1 is 0.750 bits per heavy atom. The molecule has 0 nitrogen and oxygen atoms in total. The molecule has 6 atom stereocenters. The lowest BCUT2D eigenvalue weighted by Gasteiger charge is -2.29. The Labute approximate surface area is 75.7 Å². The molecule has 3 aliphatic rings. The van der Waals surface area contributed by atoms with Gasteiger partial charge in [0.15, 0.2) is 0 Å². The van der Waals surface area contributed by atoms with E-state index in [2.05, 4.69) is 13.8 Å². The number of hydrogen-bond donors (Lipinski definition) is 0. The van der Waals surface area contributed by atoms with Crippen molar-refractivity contribution in [2.75, 3.05) is 0 Å². The third kappa shape index (κ3) is 0.791. The zero-order valence-corrected chi connectivity index (χ0v) is 8.29. The van der Waals surface area contributed by atoms with Crippen LogP contribution in [-0.2, 0) is 0 Å². The van der Waals surface area contributed by atoms with E-state index in [0.29, 0.717) is 0 Å². The monoisotopic (exact) mass is 164 g/mol. The summed E-state index contributed by atoms with van der Waals surface area (Å²) in [4.78, 5) is 0. The van der Waals surface area contributed by atoms with Gasteiger partial charge in [-0.25, -0.2) is 0 Å². The molecule has 0 unspecified atom stereocenters. The van der Waals surface area contributed by atoms with Gasteiger partial charge in [0.1, 0.15) is 0 Å². The van der Waals surface area contributed by atoms with E-state index in [1.165, 1.54) is 5.92 Å². The molecule has 0 spiro atoms. The summed E-state index contributed by atoms with van der Waals surface area (Å²) in [7, 11) is 0. The Kier molecular flexibility index (Phi) is 1.40. The SMILES string of the molecule is C[C@H]1C[C@@H]2[C@H](C1)[C@H]1C[C@@H]2[C@@H](C)C1. The molecule has 0 saturated heterocycles. The fourth-order valence-corrected chi connectivity index (χ4v) is 4.69. The van der Waals surface area contributed by atoms with Crippen molar-refractivity contribution < 1.29 is 0 Å². The van der Waals surface area contributed by atoms with Gasteiger partial charge in [-0.1, -0.05) is 13.8 Å². The Bertz CT molecular complexity index is 192. The minimum Gasteiger partial charge on any atom is -0.0625 e. The predicted molar refractivity (Wildman–Crippen MR) is 50.8 cm³/mol.